The normalized spacial score (nSPS) is 17.7. The van der Waals surface area contributed by atoms with Crippen LogP contribution in [0.15, 0.2) is 42.7 Å². The molecule has 2 aromatic rings. The molecule has 118 valence electrons. The molecule has 7 heteroatoms. The summed E-state index contributed by atoms with van der Waals surface area (Å²) in [7, 11) is 1.56. The summed E-state index contributed by atoms with van der Waals surface area (Å²) in [6.45, 7) is 0. The lowest BCUT2D eigenvalue weighted by molar-refractivity contribution is -0.136. The first-order valence-corrected chi connectivity index (χ1v) is 7.27. The third-order valence-electron chi connectivity index (χ3n) is 3.85. The number of nitrogens with one attached hydrogen (secondary N) is 1. The second kappa shape index (κ2) is 6.04. The summed E-state index contributed by atoms with van der Waals surface area (Å²) in [5.41, 5.74) is 1.23. The van der Waals surface area contributed by atoms with Gasteiger partial charge in [0.05, 0.1) is 17.4 Å². The molecule has 1 fully saturated rings. The molecule has 0 saturated carbocycles. The van der Waals surface area contributed by atoms with Crippen molar-refractivity contribution in [3.63, 3.8) is 0 Å². The molecule has 1 atom stereocenters. The lowest BCUT2D eigenvalue weighted by atomic mass is 10.0. The van der Waals surface area contributed by atoms with Gasteiger partial charge in [0.2, 0.25) is 11.8 Å². The van der Waals surface area contributed by atoms with E-state index in [2.05, 4.69) is 10.4 Å². The van der Waals surface area contributed by atoms with Crippen molar-refractivity contribution >= 4 is 17.7 Å². The molecule has 1 aliphatic heterocycles. The predicted octanol–water partition coefficient (Wildman–Crippen LogP) is 0.749. The summed E-state index contributed by atoms with van der Waals surface area (Å²) >= 11 is 0. The van der Waals surface area contributed by atoms with Crippen LogP contribution in [0.2, 0.25) is 0 Å². The van der Waals surface area contributed by atoms with Gasteiger partial charge in [-0.15, -0.1) is 0 Å². The molecule has 3 amide bonds. The average Bonchev–Trinajstić information content (AvgIpc) is 3.04. The lowest BCUT2D eigenvalue weighted by Gasteiger charge is -2.29. The van der Waals surface area contributed by atoms with E-state index in [0.29, 0.717) is 12.0 Å². The number of carbonyl (C=O) groups is 3. The quantitative estimate of drug-likeness (QED) is 0.848. The molecule has 1 aromatic carbocycles. The van der Waals surface area contributed by atoms with Crippen LogP contribution in [-0.4, -0.2) is 45.5 Å². The lowest BCUT2D eigenvalue weighted by Crippen LogP contribution is -2.52. The number of hydrogen-bond acceptors (Lipinski definition) is 4. The Labute approximate surface area is 132 Å². The maximum absolute atomic E-state index is 12.5. The van der Waals surface area contributed by atoms with Gasteiger partial charge in [-0.25, -0.2) is 4.68 Å². The second-order valence-electron chi connectivity index (χ2n) is 5.39. The Morgan fingerprint density at radius 1 is 1.30 bits per heavy atom. The van der Waals surface area contributed by atoms with Crippen molar-refractivity contribution in [2.45, 2.75) is 18.9 Å². The van der Waals surface area contributed by atoms with Crippen LogP contribution in [0.1, 0.15) is 23.2 Å². The number of aromatic nitrogens is 2. The highest BCUT2D eigenvalue weighted by Crippen LogP contribution is 2.15. The van der Waals surface area contributed by atoms with Crippen molar-refractivity contribution in [1.29, 1.82) is 0 Å². The van der Waals surface area contributed by atoms with E-state index in [1.54, 1.807) is 17.9 Å². The van der Waals surface area contributed by atoms with Crippen molar-refractivity contribution in [1.82, 2.24) is 20.0 Å². The van der Waals surface area contributed by atoms with Crippen LogP contribution in [0.3, 0.4) is 0 Å². The number of benzene rings is 1. The summed E-state index contributed by atoms with van der Waals surface area (Å²) in [6, 6.07) is 8.79. The minimum absolute atomic E-state index is 0.233. The zero-order valence-electron chi connectivity index (χ0n) is 12.6. The Kier molecular flexibility index (Phi) is 3.92. The standard InChI is InChI=1S/C16H16N4O3/c1-19(13-7-8-14(21)18-15(13)22)16(23)11-9-17-20(10-11)12-5-3-2-4-6-12/h2-6,9-10,13H,7-8H2,1H3,(H,18,21,22). The molecular formula is C16H16N4O3. The first-order valence-electron chi connectivity index (χ1n) is 7.27. The van der Waals surface area contributed by atoms with Crippen LogP contribution < -0.4 is 5.32 Å². The summed E-state index contributed by atoms with van der Waals surface area (Å²) < 4.78 is 1.60. The molecule has 0 bridgehead atoms. The molecule has 3 rings (SSSR count). The molecular weight excluding hydrogens is 296 g/mol. The van der Waals surface area contributed by atoms with Gasteiger partial charge in [-0.05, 0) is 18.6 Å². The third-order valence-corrected chi connectivity index (χ3v) is 3.85. The molecule has 1 aromatic heterocycles. The highest BCUT2D eigenvalue weighted by atomic mass is 16.2. The fraction of sp³-hybridized carbons (Fsp3) is 0.250. The first kappa shape index (κ1) is 15.0. The van der Waals surface area contributed by atoms with Gasteiger partial charge in [0.1, 0.15) is 6.04 Å². The number of nitrogens with zero attached hydrogens (tertiary/aromatic N) is 3. The van der Waals surface area contributed by atoms with E-state index in [-0.39, 0.29) is 18.2 Å². The van der Waals surface area contributed by atoms with E-state index in [9.17, 15) is 14.4 Å². The maximum Gasteiger partial charge on any atom is 0.257 e. The van der Waals surface area contributed by atoms with Gasteiger partial charge in [-0.3, -0.25) is 19.7 Å². The molecule has 0 aliphatic carbocycles. The molecule has 0 radical (unpaired) electrons. The zero-order valence-corrected chi connectivity index (χ0v) is 12.6. The Hall–Kier alpha value is -2.96. The van der Waals surface area contributed by atoms with Crippen molar-refractivity contribution in [3.8, 4) is 5.69 Å². The Morgan fingerprint density at radius 3 is 2.74 bits per heavy atom. The van der Waals surface area contributed by atoms with E-state index in [4.69, 9.17) is 0 Å². The summed E-state index contributed by atoms with van der Waals surface area (Å²) in [6.07, 6.45) is 3.66. The van der Waals surface area contributed by atoms with Crippen molar-refractivity contribution in [2.75, 3.05) is 7.05 Å². The number of amides is 3. The summed E-state index contributed by atoms with van der Waals surface area (Å²) in [5, 5.41) is 6.44. The van der Waals surface area contributed by atoms with Gasteiger partial charge in [0.25, 0.3) is 5.91 Å². The van der Waals surface area contributed by atoms with Crippen molar-refractivity contribution in [3.05, 3.63) is 48.3 Å². The van der Waals surface area contributed by atoms with Gasteiger partial charge in [-0.2, -0.15) is 5.10 Å². The average molecular weight is 312 g/mol. The highest BCUT2D eigenvalue weighted by Gasteiger charge is 2.32. The zero-order chi connectivity index (χ0) is 16.4. The molecule has 1 aliphatic rings. The second-order valence-corrected chi connectivity index (χ2v) is 5.39. The van der Waals surface area contributed by atoms with Gasteiger partial charge < -0.3 is 4.90 Å². The molecule has 1 unspecified atom stereocenters. The van der Waals surface area contributed by atoms with Crippen molar-refractivity contribution < 1.29 is 14.4 Å². The minimum atomic E-state index is -0.639. The van der Waals surface area contributed by atoms with Crippen molar-refractivity contribution in [2.24, 2.45) is 0 Å². The van der Waals surface area contributed by atoms with E-state index < -0.39 is 11.9 Å². The Balaban J connectivity index is 1.77. The van der Waals surface area contributed by atoms with Crippen LogP contribution in [0.4, 0.5) is 0 Å². The number of imide groups is 1. The molecule has 0 spiro atoms. The Morgan fingerprint density at radius 2 is 2.04 bits per heavy atom. The van der Waals surface area contributed by atoms with E-state index >= 15 is 0 Å². The number of para-hydroxylation sites is 1. The first-order chi connectivity index (χ1) is 11.1. The van der Waals surface area contributed by atoms with Crippen LogP contribution in [-0.2, 0) is 9.59 Å². The highest BCUT2D eigenvalue weighted by molar-refractivity contribution is 6.03. The van der Waals surface area contributed by atoms with E-state index in [1.165, 1.54) is 11.1 Å². The number of carbonyl (C=O) groups excluding carboxylic acids is 3. The number of likely N-dealkylation sites (N-methyl/N-ethyl adjacent to an activating group) is 1. The van der Waals surface area contributed by atoms with Gasteiger partial charge in [0, 0.05) is 19.7 Å². The van der Waals surface area contributed by atoms with E-state index in [1.807, 2.05) is 30.3 Å². The van der Waals surface area contributed by atoms with Crippen LogP contribution in [0.25, 0.3) is 5.69 Å². The molecule has 23 heavy (non-hydrogen) atoms. The Bertz CT molecular complexity index is 754. The minimum Gasteiger partial charge on any atom is -0.330 e. The van der Waals surface area contributed by atoms with Crippen LogP contribution in [0, 0.1) is 0 Å². The molecule has 2 heterocycles. The predicted molar refractivity (Wildman–Crippen MR) is 81.8 cm³/mol. The van der Waals surface area contributed by atoms with Gasteiger partial charge >= 0.3 is 0 Å². The molecule has 1 saturated heterocycles. The number of piperidine rings is 1. The smallest absolute Gasteiger partial charge is 0.257 e. The summed E-state index contributed by atoms with van der Waals surface area (Å²) in [5.74, 6) is -1.04. The van der Waals surface area contributed by atoms with Crippen LogP contribution in [0.5, 0.6) is 0 Å². The monoisotopic (exact) mass is 312 g/mol. The van der Waals surface area contributed by atoms with Crippen LogP contribution >= 0.6 is 0 Å². The van der Waals surface area contributed by atoms with Gasteiger partial charge in [-0.1, -0.05) is 18.2 Å². The largest absolute Gasteiger partial charge is 0.330 e. The van der Waals surface area contributed by atoms with Gasteiger partial charge in [0.15, 0.2) is 0 Å². The SMILES string of the molecule is CN(C(=O)c1cnn(-c2ccccc2)c1)C1CCC(=O)NC1=O. The number of rotatable bonds is 3. The maximum atomic E-state index is 12.5. The van der Waals surface area contributed by atoms with E-state index in [0.717, 1.165) is 5.69 Å². The summed E-state index contributed by atoms with van der Waals surface area (Å²) in [4.78, 5) is 36.9. The molecule has 7 nitrogen and oxygen atoms in total. The third kappa shape index (κ3) is 2.98. The number of hydrogen-bond donors (Lipinski definition) is 1. The fourth-order valence-corrected chi connectivity index (χ4v) is 2.55. The topological polar surface area (TPSA) is 84.3 Å². The fourth-order valence-electron chi connectivity index (χ4n) is 2.55. The molecule has 1 N–H and O–H groups in total.